The van der Waals surface area contributed by atoms with Crippen LogP contribution in [0.3, 0.4) is 0 Å². The minimum Gasteiger partial charge on any atom is -0.454 e. The second kappa shape index (κ2) is 7.65. The van der Waals surface area contributed by atoms with Crippen LogP contribution in [0.15, 0.2) is 24.5 Å². The van der Waals surface area contributed by atoms with Crippen molar-refractivity contribution >= 4 is 17.3 Å². The van der Waals surface area contributed by atoms with E-state index in [0.717, 1.165) is 18.4 Å². The zero-order chi connectivity index (χ0) is 17.6. The summed E-state index contributed by atoms with van der Waals surface area (Å²) in [4.78, 5) is 19.0. The fraction of sp³-hybridized carbons (Fsp3) is 0.375. The van der Waals surface area contributed by atoms with E-state index in [2.05, 4.69) is 27.5 Å². The van der Waals surface area contributed by atoms with Gasteiger partial charge in [-0.25, -0.2) is 9.97 Å². The molecule has 0 atom stereocenters. The van der Waals surface area contributed by atoms with Crippen molar-refractivity contribution in [3.8, 4) is 11.5 Å². The molecule has 0 radical (unpaired) electrons. The van der Waals surface area contributed by atoms with E-state index in [4.69, 9.17) is 9.47 Å². The van der Waals surface area contributed by atoms with E-state index in [1.807, 2.05) is 18.2 Å². The second-order valence-electron chi connectivity index (χ2n) is 5.50. The number of unbranched alkanes of at least 4 members (excludes halogenated alkanes) is 1. The SMILES string of the molecule is CCCCNc1ncnc(NCc2ccc3c(c2)OCO3)c1[N+](=O)[O-]. The number of fused-ring (bicyclic) bond motifs is 1. The number of benzene rings is 1. The van der Waals surface area contributed by atoms with Crippen molar-refractivity contribution in [3.05, 3.63) is 40.2 Å². The Morgan fingerprint density at radius 2 is 1.96 bits per heavy atom. The fourth-order valence-corrected chi connectivity index (χ4v) is 2.43. The summed E-state index contributed by atoms with van der Waals surface area (Å²) in [6, 6.07) is 5.52. The second-order valence-corrected chi connectivity index (χ2v) is 5.50. The molecule has 0 fully saturated rings. The molecule has 25 heavy (non-hydrogen) atoms. The van der Waals surface area contributed by atoms with Gasteiger partial charge >= 0.3 is 5.69 Å². The number of hydrogen-bond donors (Lipinski definition) is 2. The smallest absolute Gasteiger partial charge is 0.353 e. The zero-order valence-corrected chi connectivity index (χ0v) is 13.8. The molecule has 1 aliphatic heterocycles. The minimum absolute atomic E-state index is 0.153. The van der Waals surface area contributed by atoms with Crippen LogP contribution in [0.2, 0.25) is 0 Å². The maximum atomic E-state index is 11.4. The molecule has 0 spiro atoms. The quantitative estimate of drug-likeness (QED) is 0.427. The molecule has 1 aromatic carbocycles. The molecule has 0 unspecified atom stereocenters. The van der Waals surface area contributed by atoms with Crippen LogP contribution in [0.25, 0.3) is 0 Å². The summed E-state index contributed by atoms with van der Waals surface area (Å²) in [5.41, 5.74) is 0.747. The first kappa shape index (κ1) is 16.7. The molecule has 9 heteroatoms. The summed E-state index contributed by atoms with van der Waals surface area (Å²) in [7, 11) is 0. The first-order valence-electron chi connectivity index (χ1n) is 8.04. The van der Waals surface area contributed by atoms with Crippen LogP contribution in [0.1, 0.15) is 25.3 Å². The lowest BCUT2D eigenvalue weighted by molar-refractivity contribution is -0.383. The lowest BCUT2D eigenvalue weighted by Gasteiger charge is -2.10. The molecule has 1 aliphatic rings. The summed E-state index contributed by atoms with van der Waals surface area (Å²) in [5, 5.41) is 17.5. The van der Waals surface area contributed by atoms with E-state index in [0.29, 0.717) is 24.6 Å². The van der Waals surface area contributed by atoms with Gasteiger partial charge in [-0.15, -0.1) is 0 Å². The van der Waals surface area contributed by atoms with Crippen LogP contribution in [-0.4, -0.2) is 28.2 Å². The number of anilines is 2. The first-order chi connectivity index (χ1) is 12.2. The van der Waals surface area contributed by atoms with E-state index >= 15 is 0 Å². The summed E-state index contributed by atoms with van der Waals surface area (Å²) in [6.45, 7) is 3.24. The van der Waals surface area contributed by atoms with Crippen molar-refractivity contribution in [1.29, 1.82) is 0 Å². The maximum Gasteiger partial charge on any atom is 0.353 e. The standard InChI is InChI=1S/C16H19N5O4/c1-2-3-6-17-15-14(21(22)23)16(20-9-19-15)18-8-11-4-5-12-13(7-11)25-10-24-12/h4-5,7,9H,2-3,6,8,10H2,1H3,(H2,17,18,19,20). The van der Waals surface area contributed by atoms with Gasteiger partial charge in [0.05, 0.1) is 4.92 Å². The van der Waals surface area contributed by atoms with Crippen molar-refractivity contribution < 1.29 is 14.4 Å². The van der Waals surface area contributed by atoms with Crippen molar-refractivity contribution in [2.45, 2.75) is 26.3 Å². The molecule has 132 valence electrons. The van der Waals surface area contributed by atoms with Crippen molar-refractivity contribution in [1.82, 2.24) is 9.97 Å². The van der Waals surface area contributed by atoms with Crippen molar-refractivity contribution in [2.24, 2.45) is 0 Å². The largest absolute Gasteiger partial charge is 0.454 e. The van der Waals surface area contributed by atoms with E-state index in [-0.39, 0.29) is 24.1 Å². The van der Waals surface area contributed by atoms with Gasteiger partial charge in [0.15, 0.2) is 11.5 Å². The van der Waals surface area contributed by atoms with E-state index in [1.54, 1.807) is 0 Å². The number of rotatable bonds is 8. The number of aromatic nitrogens is 2. The Kier molecular flexibility index (Phi) is 5.12. The summed E-state index contributed by atoms with van der Waals surface area (Å²) in [5.74, 6) is 1.76. The molecule has 0 saturated heterocycles. The van der Waals surface area contributed by atoms with Gasteiger partial charge < -0.3 is 20.1 Å². The monoisotopic (exact) mass is 345 g/mol. The van der Waals surface area contributed by atoms with E-state index < -0.39 is 4.92 Å². The third kappa shape index (κ3) is 3.87. The Labute approximate surface area is 144 Å². The Morgan fingerprint density at radius 1 is 1.20 bits per heavy atom. The van der Waals surface area contributed by atoms with Gasteiger partial charge in [0.25, 0.3) is 0 Å². The van der Waals surface area contributed by atoms with Crippen LogP contribution < -0.4 is 20.1 Å². The van der Waals surface area contributed by atoms with Gasteiger partial charge in [-0.2, -0.15) is 0 Å². The van der Waals surface area contributed by atoms with Gasteiger partial charge in [-0.1, -0.05) is 19.4 Å². The minimum atomic E-state index is -0.476. The van der Waals surface area contributed by atoms with Gasteiger partial charge in [-0.3, -0.25) is 10.1 Å². The number of hydrogen-bond acceptors (Lipinski definition) is 8. The highest BCUT2D eigenvalue weighted by molar-refractivity contribution is 5.69. The number of ether oxygens (including phenoxy) is 2. The Hall–Kier alpha value is -3.10. The number of nitrogens with zero attached hydrogens (tertiary/aromatic N) is 3. The molecular weight excluding hydrogens is 326 g/mol. The average molecular weight is 345 g/mol. The highest BCUT2D eigenvalue weighted by Gasteiger charge is 2.22. The molecule has 0 amide bonds. The summed E-state index contributed by atoms with van der Waals surface area (Å²) < 4.78 is 10.6. The average Bonchev–Trinajstić information content (AvgIpc) is 3.07. The predicted octanol–water partition coefficient (Wildman–Crippen LogP) is 2.94. The molecular formula is C16H19N5O4. The Morgan fingerprint density at radius 3 is 2.72 bits per heavy atom. The first-order valence-corrected chi connectivity index (χ1v) is 8.04. The molecule has 0 saturated carbocycles. The highest BCUT2D eigenvalue weighted by Crippen LogP contribution is 2.33. The highest BCUT2D eigenvalue weighted by atomic mass is 16.7. The van der Waals surface area contributed by atoms with E-state index in [9.17, 15) is 10.1 Å². The molecule has 9 nitrogen and oxygen atoms in total. The Bertz CT molecular complexity index is 768. The normalized spacial score (nSPS) is 12.0. The van der Waals surface area contributed by atoms with Crippen LogP contribution in [0, 0.1) is 10.1 Å². The lowest BCUT2D eigenvalue weighted by Crippen LogP contribution is -2.10. The van der Waals surface area contributed by atoms with Crippen LogP contribution in [0.4, 0.5) is 17.3 Å². The third-order valence-electron chi connectivity index (χ3n) is 3.72. The molecule has 2 heterocycles. The van der Waals surface area contributed by atoms with Gasteiger partial charge in [0, 0.05) is 13.1 Å². The third-order valence-corrected chi connectivity index (χ3v) is 3.72. The molecule has 2 N–H and O–H groups in total. The molecule has 0 aliphatic carbocycles. The van der Waals surface area contributed by atoms with Crippen LogP contribution >= 0.6 is 0 Å². The van der Waals surface area contributed by atoms with Crippen LogP contribution in [0.5, 0.6) is 11.5 Å². The molecule has 2 aromatic rings. The summed E-state index contributed by atoms with van der Waals surface area (Å²) >= 11 is 0. The van der Waals surface area contributed by atoms with Crippen molar-refractivity contribution in [3.63, 3.8) is 0 Å². The topological polar surface area (TPSA) is 111 Å². The van der Waals surface area contributed by atoms with Gasteiger partial charge in [-0.05, 0) is 24.1 Å². The van der Waals surface area contributed by atoms with Crippen LogP contribution in [-0.2, 0) is 6.54 Å². The van der Waals surface area contributed by atoms with Crippen molar-refractivity contribution in [2.75, 3.05) is 24.0 Å². The van der Waals surface area contributed by atoms with Gasteiger partial charge in [0.1, 0.15) is 6.33 Å². The number of nitrogens with one attached hydrogen (secondary N) is 2. The summed E-state index contributed by atoms with van der Waals surface area (Å²) in [6.07, 6.45) is 3.20. The fourth-order valence-electron chi connectivity index (χ4n) is 2.43. The number of nitro groups is 1. The maximum absolute atomic E-state index is 11.4. The zero-order valence-electron chi connectivity index (χ0n) is 13.8. The predicted molar refractivity (Wildman–Crippen MR) is 92.0 cm³/mol. The Balaban J connectivity index is 1.75. The van der Waals surface area contributed by atoms with Gasteiger partial charge in [0.2, 0.25) is 18.4 Å². The lowest BCUT2D eigenvalue weighted by atomic mass is 10.2. The molecule has 3 rings (SSSR count). The van der Waals surface area contributed by atoms with E-state index in [1.165, 1.54) is 6.33 Å². The molecule has 1 aromatic heterocycles. The molecule has 0 bridgehead atoms.